The summed E-state index contributed by atoms with van der Waals surface area (Å²) in [7, 11) is 0. The van der Waals surface area contributed by atoms with Gasteiger partial charge in [0.1, 0.15) is 50.7 Å². The molecule has 0 aliphatic carbocycles. The summed E-state index contributed by atoms with van der Waals surface area (Å²) >= 11 is 5.90. The Morgan fingerprint density at radius 2 is 1.28 bits per heavy atom. The molecule has 4 rings (SSSR count). The first-order valence-corrected chi connectivity index (χ1v) is 16.5. The van der Waals surface area contributed by atoms with Crippen molar-refractivity contribution in [3.05, 3.63) is 55.8 Å². The van der Waals surface area contributed by atoms with Crippen LogP contribution in [0.25, 0.3) is 0 Å². The molecule has 0 atom stereocenters. The zero-order chi connectivity index (χ0) is 33.6. The van der Waals surface area contributed by atoms with Gasteiger partial charge in [0.15, 0.2) is 6.61 Å². The molecule has 3 heterocycles. The molecule has 2 fully saturated rings. The van der Waals surface area contributed by atoms with E-state index in [-0.39, 0.29) is 41.7 Å². The van der Waals surface area contributed by atoms with Crippen LogP contribution in [0.4, 0.5) is 5.69 Å². The molecular weight excluding hydrogens is 721 g/mol. The Morgan fingerprint density at radius 3 is 1.78 bits per heavy atom. The van der Waals surface area contributed by atoms with Crippen LogP contribution in [0.1, 0.15) is 18.5 Å². The van der Waals surface area contributed by atoms with Gasteiger partial charge in [0, 0.05) is 36.6 Å². The van der Waals surface area contributed by atoms with Crippen molar-refractivity contribution in [2.24, 2.45) is 0 Å². The van der Waals surface area contributed by atoms with Crippen molar-refractivity contribution in [3.8, 4) is 5.75 Å². The number of quaternary nitrogens is 2. The normalized spacial score (nSPS) is 14.7. The average molecular weight is 769 g/mol. The van der Waals surface area contributed by atoms with E-state index in [4.69, 9.17) is 25.8 Å². The average Bonchev–Trinajstić information content (AvgIpc) is 3.08. The lowest BCUT2D eigenvalue weighted by atomic mass is 10.3. The van der Waals surface area contributed by atoms with E-state index >= 15 is 0 Å². The minimum Gasteiger partial charge on any atom is -1.00 e. The zero-order valence-corrected chi connectivity index (χ0v) is 30.4. The molecule has 1 aromatic heterocycles. The lowest BCUT2D eigenvalue weighted by Crippen LogP contribution is -3.14. The van der Waals surface area contributed by atoms with Crippen molar-refractivity contribution < 1.29 is 68.7 Å². The maximum absolute atomic E-state index is 13.5. The van der Waals surface area contributed by atoms with Gasteiger partial charge < -0.3 is 70.3 Å². The van der Waals surface area contributed by atoms with Gasteiger partial charge in [-0.1, -0.05) is 11.6 Å². The lowest BCUT2D eigenvalue weighted by Gasteiger charge is -2.23. The maximum Gasteiger partial charge on any atom is 0.332 e. The third-order valence-electron chi connectivity index (χ3n) is 8.20. The number of morpholine rings is 2. The molecule has 2 aromatic rings. The molecule has 3 amide bonds. The summed E-state index contributed by atoms with van der Waals surface area (Å²) in [5, 5.41) is 8.62. The van der Waals surface area contributed by atoms with E-state index in [1.807, 2.05) is 0 Å². The number of ether oxygens (including phenoxy) is 3. The first-order valence-electron chi connectivity index (χ1n) is 16.1. The highest BCUT2D eigenvalue weighted by Gasteiger charge is 2.22. The number of anilines is 1. The second-order valence-corrected chi connectivity index (χ2v) is 12.1. The van der Waals surface area contributed by atoms with Gasteiger partial charge in [-0.2, -0.15) is 0 Å². The number of nitrogens with zero attached hydrogens (tertiary/aromatic N) is 2. The van der Waals surface area contributed by atoms with E-state index in [1.165, 1.54) is 16.7 Å². The van der Waals surface area contributed by atoms with Crippen LogP contribution in [0.3, 0.4) is 0 Å². The van der Waals surface area contributed by atoms with E-state index in [0.29, 0.717) is 37.1 Å². The Bertz CT molecular complexity index is 1480. The minimum absolute atomic E-state index is 0. The van der Waals surface area contributed by atoms with Gasteiger partial charge in [-0.05, 0) is 31.2 Å². The van der Waals surface area contributed by atoms with Crippen molar-refractivity contribution in [1.29, 1.82) is 0 Å². The zero-order valence-electron chi connectivity index (χ0n) is 28.1. The van der Waals surface area contributed by atoms with Crippen LogP contribution in [0.15, 0.2) is 33.9 Å². The standard InChI is InChI=1S/C31H44ClN7O8.2ClH.H2O/c1-23-29(35-28(42)22-47-25-6-4-24(32)5-7-25)30(43)39(21-27(41)34-9-3-11-37-14-18-46-19-15-37)31(44)38(23)20-26(40)33-8-2-10-36-12-16-45-17-13-36;;;/h4-7H,2-3,8-22H2,1H3,(H,33,40)(H,34,41)(H,35,42);2*1H;1H2. The molecular formula is C31H48Cl3N7O9. The molecule has 2 saturated heterocycles. The predicted molar refractivity (Wildman–Crippen MR) is 177 cm³/mol. The summed E-state index contributed by atoms with van der Waals surface area (Å²) in [6.07, 6.45) is 1.47. The highest BCUT2D eigenvalue weighted by atomic mass is 35.5. The first-order chi connectivity index (χ1) is 22.7. The van der Waals surface area contributed by atoms with Crippen LogP contribution in [-0.2, 0) is 36.9 Å². The number of nitrogens with one attached hydrogen (secondary N) is 5. The summed E-state index contributed by atoms with van der Waals surface area (Å²) in [5.41, 5.74) is -1.83. The minimum atomic E-state index is -0.856. The number of benzene rings is 1. The Morgan fingerprint density at radius 1 is 0.800 bits per heavy atom. The van der Waals surface area contributed by atoms with Crippen LogP contribution >= 0.6 is 11.6 Å². The molecule has 2 aliphatic heterocycles. The molecule has 0 radical (unpaired) electrons. The fourth-order valence-electron chi connectivity index (χ4n) is 5.48. The Kier molecular flexibility index (Phi) is 20.9. The number of hydrogen-bond acceptors (Lipinski definition) is 8. The smallest absolute Gasteiger partial charge is 0.332 e. The largest absolute Gasteiger partial charge is 1.00 e. The van der Waals surface area contributed by atoms with Crippen LogP contribution in [-0.4, -0.2) is 118 Å². The maximum atomic E-state index is 13.5. The van der Waals surface area contributed by atoms with Gasteiger partial charge in [-0.15, -0.1) is 0 Å². The predicted octanol–water partition coefficient (Wildman–Crippen LogP) is -9.98. The van der Waals surface area contributed by atoms with Gasteiger partial charge in [-0.3, -0.25) is 23.7 Å². The summed E-state index contributed by atoms with van der Waals surface area (Å²) in [5.74, 6) is -1.24. The van der Waals surface area contributed by atoms with Crippen molar-refractivity contribution in [2.45, 2.75) is 32.9 Å². The molecule has 50 heavy (non-hydrogen) atoms. The first kappa shape index (κ1) is 44.8. The van der Waals surface area contributed by atoms with Crippen LogP contribution in [0.2, 0.25) is 5.02 Å². The summed E-state index contributed by atoms with van der Waals surface area (Å²) in [6.45, 7) is 9.12. The Hall–Kier alpha value is -3.22. The van der Waals surface area contributed by atoms with Gasteiger partial charge in [0.2, 0.25) is 11.8 Å². The summed E-state index contributed by atoms with van der Waals surface area (Å²) in [4.78, 5) is 68.4. The second-order valence-electron chi connectivity index (χ2n) is 11.6. The molecule has 2 aliphatic rings. The topological polar surface area (TPSA) is 199 Å². The van der Waals surface area contributed by atoms with Crippen molar-refractivity contribution >= 4 is 35.0 Å². The highest BCUT2D eigenvalue weighted by Crippen LogP contribution is 2.15. The van der Waals surface area contributed by atoms with Crippen molar-refractivity contribution in [2.75, 3.05) is 90.7 Å². The third kappa shape index (κ3) is 14.2. The van der Waals surface area contributed by atoms with E-state index in [2.05, 4.69) is 16.0 Å². The van der Waals surface area contributed by atoms with Crippen LogP contribution in [0.5, 0.6) is 5.75 Å². The molecule has 0 bridgehead atoms. The number of aromatic nitrogens is 2. The number of hydrogen-bond donors (Lipinski definition) is 5. The van der Waals surface area contributed by atoms with E-state index < -0.39 is 48.7 Å². The number of halogens is 3. The molecule has 1 aromatic carbocycles. The van der Waals surface area contributed by atoms with E-state index in [1.54, 1.807) is 24.3 Å². The highest BCUT2D eigenvalue weighted by molar-refractivity contribution is 6.30. The fourth-order valence-corrected chi connectivity index (χ4v) is 5.60. The molecule has 282 valence electrons. The van der Waals surface area contributed by atoms with Gasteiger partial charge >= 0.3 is 5.69 Å². The van der Waals surface area contributed by atoms with E-state index in [9.17, 15) is 24.0 Å². The molecule has 16 nitrogen and oxygen atoms in total. The molecule has 0 unspecified atom stereocenters. The van der Waals surface area contributed by atoms with Gasteiger partial charge in [-0.25, -0.2) is 9.36 Å². The number of carbonyl (C=O) groups excluding carboxylic acids is 3. The second kappa shape index (κ2) is 23.3. The SMILES string of the molecule is Cc1c(NC(=O)COc2ccc(Cl)cc2)c(=O)n(CC(=O)NCCC[NH+]2CCOCC2)c(=O)n1CC(=O)NCCC[NH+]1CCOCC1.O.[Cl-].[Cl-]. The monoisotopic (exact) mass is 767 g/mol. The van der Waals surface area contributed by atoms with Gasteiger partial charge in [0.05, 0.1) is 39.5 Å². The molecule has 0 saturated carbocycles. The quantitative estimate of drug-likeness (QED) is 0.104. The summed E-state index contributed by atoms with van der Waals surface area (Å²) < 4.78 is 18.1. The fraction of sp³-hybridized carbons (Fsp3) is 0.581. The number of carbonyl (C=O) groups is 3. The van der Waals surface area contributed by atoms with Crippen molar-refractivity contribution in [3.63, 3.8) is 0 Å². The lowest BCUT2D eigenvalue weighted by molar-refractivity contribution is -0.908. The third-order valence-corrected chi connectivity index (χ3v) is 8.45. The van der Waals surface area contributed by atoms with Gasteiger partial charge in [0.25, 0.3) is 11.5 Å². The van der Waals surface area contributed by atoms with Crippen molar-refractivity contribution in [1.82, 2.24) is 19.8 Å². The molecule has 7 N–H and O–H groups in total. The number of amides is 3. The number of rotatable bonds is 16. The Balaban J connectivity index is 0.00000417. The Labute approximate surface area is 307 Å². The van der Waals surface area contributed by atoms with Crippen LogP contribution < -0.4 is 66.6 Å². The summed E-state index contributed by atoms with van der Waals surface area (Å²) in [6, 6.07) is 6.40. The molecule has 0 spiro atoms. The van der Waals surface area contributed by atoms with E-state index in [0.717, 1.165) is 74.5 Å². The van der Waals surface area contributed by atoms with Crippen LogP contribution in [0, 0.1) is 6.92 Å². The molecule has 19 heteroatoms.